The molecule has 0 aliphatic carbocycles. The van der Waals surface area contributed by atoms with Crippen LogP contribution in [-0.2, 0) is 27.2 Å². The summed E-state index contributed by atoms with van der Waals surface area (Å²) in [6, 6.07) is 15.3. The van der Waals surface area contributed by atoms with Gasteiger partial charge in [0.05, 0.1) is 0 Å². The third-order valence-electron chi connectivity index (χ3n) is 4.94. The number of rotatable bonds is 8. The van der Waals surface area contributed by atoms with Gasteiger partial charge >= 0.3 is 6.09 Å². The van der Waals surface area contributed by atoms with Crippen molar-refractivity contribution in [2.75, 3.05) is 0 Å². The Labute approximate surface area is 197 Å². The number of alkyl carbamates (subject to hydrolysis) is 1. The first kappa shape index (κ1) is 24.3. The highest BCUT2D eigenvalue weighted by atomic mass is 32.1. The lowest BCUT2D eigenvalue weighted by molar-refractivity contribution is -0.128. The number of fused-ring (bicyclic) bond motifs is 1. The number of ether oxygens (including phenoxy) is 1. The van der Waals surface area contributed by atoms with Gasteiger partial charge in [-0.2, -0.15) is 0 Å². The quantitative estimate of drug-likeness (QED) is 0.470. The van der Waals surface area contributed by atoms with Crippen molar-refractivity contribution in [3.8, 4) is 0 Å². The zero-order chi connectivity index (χ0) is 24.0. The first-order valence-corrected chi connectivity index (χ1v) is 11.6. The Morgan fingerprint density at radius 1 is 0.939 bits per heavy atom. The van der Waals surface area contributed by atoms with E-state index in [-0.39, 0.29) is 12.8 Å². The fourth-order valence-corrected chi connectivity index (χ4v) is 4.39. The lowest BCUT2D eigenvalue weighted by atomic mass is 10.0. The molecule has 3 amide bonds. The molecule has 1 unspecified atom stereocenters. The van der Waals surface area contributed by atoms with Gasteiger partial charge in [0.1, 0.15) is 17.7 Å². The van der Waals surface area contributed by atoms with Crippen molar-refractivity contribution in [2.45, 2.75) is 51.3 Å². The molecule has 0 saturated heterocycles. The first-order valence-electron chi connectivity index (χ1n) is 10.7. The number of thiophene rings is 1. The number of nitrogens with one attached hydrogen (secondary N) is 2. The van der Waals surface area contributed by atoms with Gasteiger partial charge in [0.25, 0.3) is 0 Å². The van der Waals surface area contributed by atoms with E-state index in [1.165, 1.54) is 0 Å². The van der Waals surface area contributed by atoms with Gasteiger partial charge < -0.3 is 21.1 Å². The molecule has 3 rings (SSSR count). The van der Waals surface area contributed by atoms with Crippen LogP contribution in [0.4, 0.5) is 4.79 Å². The molecule has 8 heteroatoms. The zero-order valence-corrected chi connectivity index (χ0v) is 19.8. The van der Waals surface area contributed by atoms with E-state index in [0.29, 0.717) is 0 Å². The van der Waals surface area contributed by atoms with E-state index in [1.807, 2.05) is 60.0 Å². The average molecular weight is 468 g/mol. The molecule has 2 aromatic carbocycles. The number of amides is 3. The van der Waals surface area contributed by atoms with Gasteiger partial charge in [-0.15, -0.1) is 11.3 Å². The van der Waals surface area contributed by atoms with Gasteiger partial charge in [0.2, 0.25) is 11.8 Å². The second-order valence-corrected chi connectivity index (χ2v) is 9.72. The predicted octanol–water partition coefficient (Wildman–Crippen LogP) is 3.55. The van der Waals surface area contributed by atoms with E-state index in [9.17, 15) is 14.4 Å². The van der Waals surface area contributed by atoms with Crippen molar-refractivity contribution in [2.24, 2.45) is 5.73 Å². The summed E-state index contributed by atoms with van der Waals surface area (Å²) in [6.45, 7) is 5.24. The van der Waals surface area contributed by atoms with Crippen LogP contribution >= 0.6 is 11.3 Å². The third-order valence-corrected chi connectivity index (χ3v) is 5.95. The molecule has 0 aliphatic heterocycles. The van der Waals surface area contributed by atoms with Crippen LogP contribution in [0.2, 0.25) is 0 Å². The van der Waals surface area contributed by atoms with Crippen LogP contribution in [0.25, 0.3) is 10.1 Å². The molecule has 1 aromatic heterocycles. The summed E-state index contributed by atoms with van der Waals surface area (Å²) in [5.74, 6) is -1.15. The Balaban J connectivity index is 1.81. The summed E-state index contributed by atoms with van der Waals surface area (Å²) in [6.07, 6.45) is -0.213. The molecule has 1 heterocycles. The molecule has 0 spiro atoms. The Hall–Kier alpha value is -3.39. The van der Waals surface area contributed by atoms with E-state index in [4.69, 9.17) is 10.5 Å². The van der Waals surface area contributed by atoms with Crippen LogP contribution in [0.15, 0.2) is 60.0 Å². The summed E-state index contributed by atoms with van der Waals surface area (Å²) < 4.78 is 6.44. The maximum Gasteiger partial charge on any atom is 0.408 e. The maximum atomic E-state index is 13.2. The van der Waals surface area contributed by atoms with E-state index in [0.717, 1.165) is 21.2 Å². The molecule has 0 saturated carbocycles. The van der Waals surface area contributed by atoms with E-state index in [2.05, 4.69) is 10.6 Å². The van der Waals surface area contributed by atoms with E-state index in [1.54, 1.807) is 32.1 Å². The summed E-state index contributed by atoms with van der Waals surface area (Å²) >= 11 is 1.57. The number of carbonyl (C=O) groups excluding carboxylic acids is 3. The molecule has 0 bridgehead atoms. The molecule has 3 aromatic rings. The number of carbonyl (C=O) groups is 3. The maximum absolute atomic E-state index is 13.2. The minimum absolute atomic E-state index is 0.242. The summed E-state index contributed by atoms with van der Waals surface area (Å²) in [5.41, 5.74) is 6.63. The van der Waals surface area contributed by atoms with E-state index < -0.39 is 35.6 Å². The molecule has 4 N–H and O–H groups in total. The lowest BCUT2D eigenvalue weighted by Crippen LogP contribution is -2.54. The second-order valence-electron chi connectivity index (χ2n) is 8.81. The molecule has 33 heavy (non-hydrogen) atoms. The van der Waals surface area contributed by atoms with Crippen molar-refractivity contribution in [1.82, 2.24) is 10.6 Å². The Bertz CT molecular complexity index is 1120. The van der Waals surface area contributed by atoms with Crippen LogP contribution in [0, 0.1) is 0 Å². The standard InChI is InChI=1S/C25H29N3O4S/c1-25(2,3)32-24(31)28-20(14-17-15-33-21-12-8-7-11-18(17)21)23(30)27-19(22(26)29)13-16-9-5-4-6-10-16/h4-12,15,19-20H,13-14H2,1-3H3,(H2,26,29)(H,27,30)(H,28,31)/t19-,20?/m0/s1. The predicted molar refractivity (Wildman–Crippen MR) is 130 cm³/mol. The minimum atomic E-state index is -0.949. The Kier molecular flexibility index (Phi) is 7.71. The fraction of sp³-hybridized carbons (Fsp3) is 0.320. The monoisotopic (exact) mass is 467 g/mol. The molecular formula is C25H29N3O4S. The Morgan fingerprint density at radius 3 is 2.27 bits per heavy atom. The highest BCUT2D eigenvalue weighted by Gasteiger charge is 2.28. The molecule has 0 aliphatic rings. The van der Waals surface area contributed by atoms with Crippen LogP contribution in [-0.4, -0.2) is 35.6 Å². The number of benzene rings is 2. The molecule has 0 fully saturated rings. The number of primary amides is 1. The smallest absolute Gasteiger partial charge is 0.408 e. The van der Waals surface area contributed by atoms with Crippen LogP contribution in [0.3, 0.4) is 0 Å². The van der Waals surface area contributed by atoms with Gasteiger partial charge in [0, 0.05) is 17.5 Å². The van der Waals surface area contributed by atoms with E-state index >= 15 is 0 Å². The molecule has 7 nitrogen and oxygen atoms in total. The fourth-order valence-electron chi connectivity index (χ4n) is 3.41. The SMILES string of the molecule is CC(C)(C)OC(=O)NC(Cc1csc2ccccc12)C(=O)N[C@@H](Cc1ccccc1)C(N)=O. The van der Waals surface area contributed by atoms with Crippen LogP contribution in [0.5, 0.6) is 0 Å². The van der Waals surface area contributed by atoms with Gasteiger partial charge in [0.15, 0.2) is 0 Å². The van der Waals surface area contributed by atoms with Crippen molar-refractivity contribution in [3.63, 3.8) is 0 Å². The lowest BCUT2D eigenvalue weighted by Gasteiger charge is -2.25. The van der Waals surface area contributed by atoms with Crippen molar-refractivity contribution in [1.29, 1.82) is 0 Å². The highest BCUT2D eigenvalue weighted by molar-refractivity contribution is 7.17. The zero-order valence-electron chi connectivity index (χ0n) is 19.0. The van der Waals surface area contributed by atoms with Crippen molar-refractivity contribution < 1.29 is 19.1 Å². The van der Waals surface area contributed by atoms with Crippen LogP contribution in [0.1, 0.15) is 31.9 Å². The molecule has 174 valence electrons. The first-order chi connectivity index (χ1) is 15.6. The largest absolute Gasteiger partial charge is 0.444 e. The highest BCUT2D eigenvalue weighted by Crippen LogP contribution is 2.26. The van der Waals surface area contributed by atoms with Gasteiger partial charge in [-0.1, -0.05) is 48.5 Å². The summed E-state index contributed by atoms with van der Waals surface area (Å²) in [4.78, 5) is 37.8. The normalized spacial score (nSPS) is 13.2. The topological polar surface area (TPSA) is 111 Å². The average Bonchev–Trinajstić information content (AvgIpc) is 3.15. The van der Waals surface area contributed by atoms with Gasteiger partial charge in [-0.3, -0.25) is 9.59 Å². The minimum Gasteiger partial charge on any atom is -0.444 e. The number of nitrogens with two attached hydrogens (primary N) is 1. The van der Waals surface area contributed by atoms with Crippen LogP contribution < -0.4 is 16.4 Å². The third kappa shape index (κ3) is 7.05. The molecule has 2 atom stereocenters. The van der Waals surface area contributed by atoms with Crippen molar-refractivity contribution >= 4 is 39.3 Å². The Morgan fingerprint density at radius 2 is 1.61 bits per heavy atom. The summed E-state index contributed by atoms with van der Waals surface area (Å²) in [5, 5.41) is 8.36. The molecule has 0 radical (unpaired) electrons. The number of hydrogen-bond acceptors (Lipinski definition) is 5. The number of hydrogen-bond donors (Lipinski definition) is 3. The molecular weight excluding hydrogens is 438 g/mol. The summed E-state index contributed by atoms with van der Waals surface area (Å²) in [7, 11) is 0. The van der Waals surface area contributed by atoms with Gasteiger partial charge in [-0.05, 0) is 48.7 Å². The van der Waals surface area contributed by atoms with Crippen molar-refractivity contribution in [3.05, 3.63) is 71.1 Å². The van der Waals surface area contributed by atoms with Gasteiger partial charge in [-0.25, -0.2) is 4.79 Å². The second kappa shape index (κ2) is 10.5.